The summed E-state index contributed by atoms with van der Waals surface area (Å²) in [4.78, 5) is 15.4. The molecule has 0 aromatic heterocycles. The van der Waals surface area contributed by atoms with E-state index in [9.17, 15) is 15.0 Å². The number of phenolic OH excluding ortho intramolecular Hbond substituents is 2. The second-order valence-electron chi connectivity index (χ2n) is 8.69. The van der Waals surface area contributed by atoms with Crippen molar-refractivity contribution in [1.82, 2.24) is 4.90 Å². The first-order chi connectivity index (χ1) is 14.4. The van der Waals surface area contributed by atoms with Crippen LogP contribution in [0.25, 0.3) is 11.1 Å². The van der Waals surface area contributed by atoms with Crippen molar-refractivity contribution in [1.29, 1.82) is 0 Å². The second-order valence-corrected chi connectivity index (χ2v) is 8.69. The van der Waals surface area contributed by atoms with Crippen molar-refractivity contribution in [2.45, 2.75) is 77.7 Å². The lowest BCUT2D eigenvalue weighted by Gasteiger charge is -2.32. The van der Waals surface area contributed by atoms with E-state index in [0.717, 1.165) is 61.6 Å². The average molecular weight is 410 g/mol. The summed E-state index contributed by atoms with van der Waals surface area (Å²) in [7, 11) is 1.85. The highest BCUT2D eigenvalue weighted by atomic mass is 16.3. The Bertz CT molecular complexity index is 884. The van der Waals surface area contributed by atoms with Gasteiger partial charge >= 0.3 is 0 Å². The van der Waals surface area contributed by atoms with Crippen LogP contribution in [0.4, 0.5) is 0 Å². The van der Waals surface area contributed by atoms with Crippen LogP contribution < -0.4 is 0 Å². The molecule has 3 rings (SSSR count). The van der Waals surface area contributed by atoms with Crippen LogP contribution in [0.3, 0.4) is 0 Å². The Labute approximate surface area is 180 Å². The molecule has 2 aromatic carbocycles. The lowest BCUT2D eigenvalue weighted by Crippen LogP contribution is -2.38. The quantitative estimate of drug-likeness (QED) is 0.534. The van der Waals surface area contributed by atoms with Crippen LogP contribution in [0.2, 0.25) is 0 Å². The molecule has 1 aliphatic rings. The Balaban J connectivity index is 2.06. The maximum Gasteiger partial charge on any atom is 0.257 e. The first-order valence-corrected chi connectivity index (χ1v) is 11.4. The molecule has 1 aliphatic carbocycles. The van der Waals surface area contributed by atoms with Gasteiger partial charge in [0.25, 0.3) is 5.91 Å². The Kier molecular flexibility index (Phi) is 7.41. The van der Waals surface area contributed by atoms with Gasteiger partial charge in [-0.1, -0.05) is 68.9 Å². The third-order valence-corrected chi connectivity index (χ3v) is 6.37. The van der Waals surface area contributed by atoms with E-state index in [1.807, 2.05) is 43.1 Å². The normalized spacial score (nSPS) is 14.6. The van der Waals surface area contributed by atoms with Gasteiger partial charge in [-0.25, -0.2) is 0 Å². The molecule has 162 valence electrons. The van der Waals surface area contributed by atoms with E-state index >= 15 is 0 Å². The average Bonchev–Trinajstić information content (AvgIpc) is 2.73. The van der Waals surface area contributed by atoms with Crippen molar-refractivity contribution in [2.24, 2.45) is 0 Å². The molecule has 0 radical (unpaired) electrons. The highest BCUT2D eigenvalue weighted by Gasteiger charge is 2.29. The Morgan fingerprint density at radius 1 is 1.10 bits per heavy atom. The van der Waals surface area contributed by atoms with E-state index in [-0.39, 0.29) is 23.4 Å². The largest absolute Gasteiger partial charge is 0.507 e. The lowest BCUT2D eigenvalue weighted by atomic mass is 9.90. The van der Waals surface area contributed by atoms with Crippen LogP contribution in [0.1, 0.15) is 79.8 Å². The molecule has 2 aromatic rings. The van der Waals surface area contributed by atoms with Crippen LogP contribution in [0, 0.1) is 6.92 Å². The monoisotopic (exact) mass is 409 g/mol. The summed E-state index contributed by atoms with van der Waals surface area (Å²) >= 11 is 0. The topological polar surface area (TPSA) is 60.8 Å². The number of hydrogen-bond donors (Lipinski definition) is 2. The number of rotatable bonds is 7. The van der Waals surface area contributed by atoms with Gasteiger partial charge in [0.2, 0.25) is 0 Å². The number of carbonyl (C=O) groups excluding carboxylic acids is 1. The van der Waals surface area contributed by atoms with E-state index in [1.54, 1.807) is 6.07 Å². The number of aryl methyl sites for hydroxylation is 2. The van der Waals surface area contributed by atoms with Crippen molar-refractivity contribution in [3.63, 3.8) is 0 Å². The van der Waals surface area contributed by atoms with Gasteiger partial charge in [-0.3, -0.25) is 4.79 Å². The van der Waals surface area contributed by atoms with Crippen molar-refractivity contribution < 1.29 is 15.0 Å². The van der Waals surface area contributed by atoms with Gasteiger partial charge in [0, 0.05) is 13.1 Å². The highest BCUT2D eigenvalue weighted by molar-refractivity contribution is 6.02. The van der Waals surface area contributed by atoms with Crippen LogP contribution in [0.5, 0.6) is 11.5 Å². The third-order valence-electron chi connectivity index (χ3n) is 6.37. The zero-order chi connectivity index (χ0) is 21.7. The number of benzene rings is 2. The van der Waals surface area contributed by atoms with E-state index in [2.05, 4.69) is 6.92 Å². The van der Waals surface area contributed by atoms with Gasteiger partial charge in [-0.05, 0) is 49.8 Å². The fraction of sp³-hybridized carbons (Fsp3) is 0.500. The number of aromatic hydroxyl groups is 2. The van der Waals surface area contributed by atoms with Gasteiger partial charge in [-0.15, -0.1) is 0 Å². The summed E-state index contributed by atoms with van der Waals surface area (Å²) in [5.74, 6) is -0.207. The molecule has 30 heavy (non-hydrogen) atoms. The standard InChI is InChI=1S/C26H35NO3/c1-4-5-7-12-20-17-22(28)23(19-13-10-11-18(2)16-19)25(29)24(20)26(30)27(3)21-14-8-6-9-15-21/h10-11,13,16-17,21,28-29H,4-9,12,14-15H2,1-3H3. The molecular weight excluding hydrogens is 374 g/mol. The van der Waals surface area contributed by atoms with E-state index < -0.39 is 0 Å². The van der Waals surface area contributed by atoms with Gasteiger partial charge < -0.3 is 15.1 Å². The number of unbranched alkanes of at least 4 members (excludes halogenated alkanes) is 2. The fourth-order valence-electron chi connectivity index (χ4n) is 4.60. The molecule has 1 saturated carbocycles. The molecule has 0 bridgehead atoms. The van der Waals surface area contributed by atoms with E-state index in [4.69, 9.17) is 0 Å². The van der Waals surface area contributed by atoms with Crippen molar-refractivity contribution in [2.75, 3.05) is 7.05 Å². The summed E-state index contributed by atoms with van der Waals surface area (Å²) < 4.78 is 0. The molecule has 4 heteroatoms. The van der Waals surface area contributed by atoms with Crippen molar-refractivity contribution in [3.8, 4) is 22.6 Å². The summed E-state index contributed by atoms with van der Waals surface area (Å²) in [5, 5.41) is 22.0. The van der Waals surface area contributed by atoms with Gasteiger partial charge in [0.15, 0.2) is 0 Å². The maximum absolute atomic E-state index is 13.6. The van der Waals surface area contributed by atoms with E-state index in [1.165, 1.54) is 6.42 Å². The number of carbonyl (C=O) groups is 1. The summed E-state index contributed by atoms with van der Waals surface area (Å²) in [6, 6.07) is 9.55. The summed E-state index contributed by atoms with van der Waals surface area (Å²) in [6.07, 6.45) is 9.24. The van der Waals surface area contributed by atoms with Crippen LogP contribution in [-0.4, -0.2) is 34.1 Å². The molecule has 0 atom stereocenters. The molecule has 1 fully saturated rings. The van der Waals surface area contributed by atoms with Crippen LogP contribution in [-0.2, 0) is 6.42 Å². The molecule has 4 nitrogen and oxygen atoms in total. The van der Waals surface area contributed by atoms with Gasteiger partial charge in [-0.2, -0.15) is 0 Å². The predicted molar refractivity (Wildman–Crippen MR) is 122 cm³/mol. The molecule has 0 spiro atoms. The predicted octanol–water partition coefficient (Wildman–Crippen LogP) is 6.21. The number of nitrogens with zero attached hydrogens (tertiary/aromatic N) is 1. The van der Waals surface area contributed by atoms with Gasteiger partial charge in [0.05, 0.1) is 11.1 Å². The summed E-state index contributed by atoms with van der Waals surface area (Å²) in [6.45, 7) is 4.11. The van der Waals surface area contributed by atoms with Crippen LogP contribution in [0.15, 0.2) is 30.3 Å². The fourth-order valence-corrected chi connectivity index (χ4v) is 4.60. The molecule has 0 heterocycles. The molecule has 1 amide bonds. The molecule has 0 saturated heterocycles. The minimum atomic E-state index is -0.139. The second kappa shape index (κ2) is 10.0. The zero-order valence-electron chi connectivity index (χ0n) is 18.6. The molecule has 0 unspecified atom stereocenters. The Morgan fingerprint density at radius 2 is 1.83 bits per heavy atom. The minimum absolute atomic E-state index is 0.0291. The summed E-state index contributed by atoms with van der Waals surface area (Å²) in [5.41, 5.74) is 3.19. The third kappa shape index (κ3) is 4.80. The number of phenols is 2. The van der Waals surface area contributed by atoms with Crippen molar-refractivity contribution >= 4 is 5.91 Å². The van der Waals surface area contributed by atoms with Crippen LogP contribution >= 0.6 is 0 Å². The molecule has 2 N–H and O–H groups in total. The first-order valence-electron chi connectivity index (χ1n) is 11.4. The smallest absolute Gasteiger partial charge is 0.257 e. The SMILES string of the molecule is CCCCCc1cc(O)c(-c2cccc(C)c2)c(O)c1C(=O)N(C)C1CCCCC1. The first kappa shape index (κ1) is 22.2. The molecular formula is C26H35NO3. The maximum atomic E-state index is 13.6. The lowest BCUT2D eigenvalue weighted by molar-refractivity contribution is 0.0692. The Hall–Kier alpha value is -2.49. The minimum Gasteiger partial charge on any atom is -0.507 e. The van der Waals surface area contributed by atoms with Crippen molar-refractivity contribution in [3.05, 3.63) is 47.0 Å². The number of hydrogen-bond acceptors (Lipinski definition) is 3. The highest BCUT2D eigenvalue weighted by Crippen LogP contribution is 2.43. The zero-order valence-corrected chi connectivity index (χ0v) is 18.6. The van der Waals surface area contributed by atoms with E-state index in [0.29, 0.717) is 17.5 Å². The Morgan fingerprint density at radius 3 is 2.50 bits per heavy atom. The number of amides is 1. The molecule has 0 aliphatic heterocycles. The van der Waals surface area contributed by atoms with Gasteiger partial charge in [0.1, 0.15) is 11.5 Å².